The van der Waals surface area contributed by atoms with Gasteiger partial charge >= 0.3 is 0 Å². The predicted molar refractivity (Wildman–Crippen MR) is 178 cm³/mol. The van der Waals surface area contributed by atoms with Crippen LogP contribution >= 0.6 is 22.9 Å². The summed E-state index contributed by atoms with van der Waals surface area (Å²) in [6.45, 7) is 6.61. The Hall–Kier alpha value is -5.00. The van der Waals surface area contributed by atoms with Gasteiger partial charge in [-0.1, -0.05) is 53.3 Å². The lowest BCUT2D eigenvalue weighted by molar-refractivity contribution is -0.384. The van der Waals surface area contributed by atoms with Crippen LogP contribution in [0.2, 0.25) is 5.02 Å². The van der Waals surface area contributed by atoms with Crippen LogP contribution in [0.1, 0.15) is 38.1 Å². The Morgan fingerprint density at radius 3 is 2.63 bits per heavy atom. The molecule has 5 aromatic rings. The van der Waals surface area contributed by atoms with Crippen molar-refractivity contribution in [1.29, 1.82) is 0 Å². The van der Waals surface area contributed by atoms with Crippen LogP contribution in [-0.2, 0) is 4.79 Å². The van der Waals surface area contributed by atoms with E-state index in [2.05, 4.69) is 0 Å². The summed E-state index contributed by atoms with van der Waals surface area (Å²) in [5, 5.41) is 13.2. The van der Waals surface area contributed by atoms with E-state index in [0.717, 1.165) is 10.8 Å². The van der Waals surface area contributed by atoms with Crippen molar-refractivity contribution in [3.8, 4) is 17.1 Å². The normalized spacial score (nSPS) is 14.7. The van der Waals surface area contributed by atoms with Crippen LogP contribution < -0.4 is 19.6 Å². The Morgan fingerprint density at radius 1 is 1.15 bits per heavy atom. The van der Waals surface area contributed by atoms with Gasteiger partial charge in [0.25, 0.3) is 17.2 Å². The quantitative estimate of drug-likeness (QED) is 0.147. The van der Waals surface area contributed by atoms with Gasteiger partial charge < -0.3 is 14.1 Å². The zero-order chi connectivity index (χ0) is 32.7. The average molecular weight is 657 g/mol. The van der Waals surface area contributed by atoms with Crippen LogP contribution in [0.25, 0.3) is 28.2 Å². The molecule has 0 aliphatic carbocycles. The number of fused-ring (bicyclic) bond motifs is 2. The highest BCUT2D eigenvalue weighted by molar-refractivity contribution is 7.07. The summed E-state index contributed by atoms with van der Waals surface area (Å²) in [7, 11) is 1.57. The number of nitrogens with zero attached hydrogens (tertiary/aromatic N) is 4. The molecule has 0 radical (unpaired) electrons. The minimum absolute atomic E-state index is 0.0214. The smallest absolute Gasteiger partial charge is 0.288 e. The lowest BCUT2D eigenvalue weighted by atomic mass is 9.90. The fourth-order valence-electron chi connectivity index (χ4n) is 5.81. The molecule has 234 valence electrons. The summed E-state index contributed by atoms with van der Waals surface area (Å²) in [5.41, 5.74) is 1.51. The third-order valence-corrected chi connectivity index (χ3v) is 9.36. The Bertz CT molecular complexity index is 2250. The maximum Gasteiger partial charge on any atom is 0.288 e. The van der Waals surface area contributed by atoms with Gasteiger partial charge in [0.05, 0.1) is 27.8 Å². The van der Waals surface area contributed by atoms with Crippen LogP contribution in [0, 0.1) is 10.1 Å². The highest BCUT2D eigenvalue weighted by atomic mass is 35.5. The van der Waals surface area contributed by atoms with E-state index in [1.807, 2.05) is 50.2 Å². The number of ether oxygens (including phenoxy) is 1. The molecule has 2 aromatic heterocycles. The molecule has 0 saturated carbocycles. The van der Waals surface area contributed by atoms with Crippen LogP contribution in [0.15, 0.2) is 92.2 Å². The van der Waals surface area contributed by atoms with Crippen molar-refractivity contribution in [2.75, 3.05) is 20.2 Å². The van der Waals surface area contributed by atoms with E-state index in [9.17, 15) is 19.7 Å². The van der Waals surface area contributed by atoms with Gasteiger partial charge in [-0.25, -0.2) is 4.99 Å². The number of nitro groups is 1. The zero-order valence-corrected chi connectivity index (χ0v) is 27.0. The molecule has 1 aliphatic rings. The Morgan fingerprint density at radius 2 is 1.91 bits per heavy atom. The van der Waals surface area contributed by atoms with E-state index in [-0.39, 0.29) is 22.2 Å². The molecule has 0 spiro atoms. The van der Waals surface area contributed by atoms with E-state index >= 15 is 0 Å². The van der Waals surface area contributed by atoms with E-state index in [0.29, 0.717) is 62.1 Å². The Labute approximate surface area is 272 Å². The zero-order valence-electron chi connectivity index (χ0n) is 25.4. The topological polar surface area (TPSA) is 120 Å². The van der Waals surface area contributed by atoms with Crippen molar-refractivity contribution >= 4 is 51.4 Å². The number of furan rings is 1. The van der Waals surface area contributed by atoms with Crippen LogP contribution in [0.5, 0.6) is 5.75 Å². The van der Waals surface area contributed by atoms with Crippen molar-refractivity contribution in [2.45, 2.75) is 26.8 Å². The maximum atomic E-state index is 14.3. The molecule has 0 saturated heterocycles. The van der Waals surface area contributed by atoms with Crippen molar-refractivity contribution in [1.82, 2.24) is 9.47 Å². The van der Waals surface area contributed by atoms with Gasteiger partial charge in [-0.2, -0.15) is 0 Å². The molecule has 3 aromatic carbocycles. The first-order chi connectivity index (χ1) is 22.2. The number of thiazole rings is 1. The molecule has 1 atom stereocenters. The summed E-state index contributed by atoms with van der Waals surface area (Å²) >= 11 is 7.17. The Kier molecular flexibility index (Phi) is 8.37. The first kappa shape index (κ1) is 31.0. The number of likely N-dealkylation sites (N-methyl/N-ethyl adjacent to an activating group) is 1. The molecule has 3 heterocycles. The van der Waals surface area contributed by atoms with Gasteiger partial charge in [-0.05, 0) is 61.9 Å². The fourth-order valence-corrected chi connectivity index (χ4v) is 7.02. The van der Waals surface area contributed by atoms with Crippen LogP contribution in [0.3, 0.4) is 0 Å². The van der Waals surface area contributed by atoms with E-state index in [1.54, 1.807) is 47.8 Å². The second-order valence-corrected chi connectivity index (χ2v) is 12.0. The molecular formula is C34H29ClN4O6S. The summed E-state index contributed by atoms with van der Waals surface area (Å²) in [5.74, 6) is 1.09. The molecule has 0 bridgehead atoms. The number of carbonyl (C=O) groups excluding carboxylic acids is 1. The highest BCUT2D eigenvalue weighted by Gasteiger charge is 2.36. The lowest BCUT2D eigenvalue weighted by Gasteiger charge is -2.30. The second-order valence-electron chi connectivity index (χ2n) is 10.6. The molecule has 0 fully saturated rings. The van der Waals surface area contributed by atoms with Crippen molar-refractivity contribution < 1.29 is 18.9 Å². The number of amides is 1. The number of hydrogen-bond donors (Lipinski definition) is 0. The number of aromatic nitrogens is 1. The second kappa shape index (κ2) is 12.4. The standard InChI is InChI=1S/C34H29ClN4O6S/c1-5-37(6-2)33(41)29-19(3)36-34-38(31(29)30-23-10-8-7-9-20(23)12-15-27(30)44-4)32(40)28(46-34)18-22-13-16-26(45-22)21-11-14-24(35)25(17-21)39(42)43/h7-18,31H,5-6H2,1-4H3/b28-18+/t31-/m0/s1. The molecular weight excluding hydrogens is 628 g/mol. The van der Waals surface area contributed by atoms with E-state index in [1.165, 1.54) is 23.5 Å². The van der Waals surface area contributed by atoms with Gasteiger partial charge in [0.15, 0.2) is 4.80 Å². The van der Waals surface area contributed by atoms with Gasteiger partial charge in [-0.15, -0.1) is 0 Å². The van der Waals surface area contributed by atoms with Crippen molar-refractivity contribution in [3.05, 3.63) is 124 Å². The number of hydrogen-bond acceptors (Lipinski definition) is 8. The molecule has 46 heavy (non-hydrogen) atoms. The van der Waals surface area contributed by atoms with E-state index in [4.69, 9.17) is 25.7 Å². The van der Waals surface area contributed by atoms with Crippen LogP contribution in [-0.4, -0.2) is 40.5 Å². The van der Waals surface area contributed by atoms with Gasteiger partial charge in [-0.3, -0.25) is 24.3 Å². The molecule has 0 unspecified atom stereocenters. The molecule has 6 rings (SSSR count). The number of allylic oxidation sites excluding steroid dienone is 1. The van der Waals surface area contributed by atoms with Gasteiger partial charge in [0.1, 0.15) is 28.3 Å². The number of rotatable bonds is 8. The monoisotopic (exact) mass is 656 g/mol. The van der Waals surface area contributed by atoms with Crippen LogP contribution in [0.4, 0.5) is 5.69 Å². The number of benzene rings is 3. The number of carbonyl (C=O) groups is 1. The summed E-state index contributed by atoms with van der Waals surface area (Å²) < 4.78 is 13.8. The van der Waals surface area contributed by atoms with Gasteiger partial charge in [0.2, 0.25) is 0 Å². The summed E-state index contributed by atoms with van der Waals surface area (Å²) in [4.78, 5) is 46.2. The predicted octanol–water partition coefficient (Wildman–Crippen LogP) is 6.09. The molecule has 12 heteroatoms. The number of halogens is 1. The maximum absolute atomic E-state index is 14.3. The first-order valence-electron chi connectivity index (χ1n) is 14.6. The molecule has 10 nitrogen and oxygen atoms in total. The van der Waals surface area contributed by atoms with Crippen molar-refractivity contribution in [2.24, 2.45) is 4.99 Å². The third-order valence-electron chi connectivity index (χ3n) is 8.05. The average Bonchev–Trinajstić information content (AvgIpc) is 3.64. The van der Waals surface area contributed by atoms with Gasteiger partial charge in [0, 0.05) is 36.4 Å². The minimum atomic E-state index is -0.811. The molecule has 1 aliphatic heterocycles. The SMILES string of the molecule is CCN(CC)C(=O)C1=C(C)N=c2s/c(=C/c3ccc(-c4ccc(Cl)c([N+](=O)[O-])c4)o3)c(=O)n2[C@@H]1c1c(OC)ccc2ccccc12. The Balaban J connectivity index is 1.55. The number of nitro benzene ring substituents is 1. The minimum Gasteiger partial charge on any atom is -0.496 e. The summed E-state index contributed by atoms with van der Waals surface area (Å²) in [6, 6.07) is 18.6. The number of methoxy groups -OCH3 is 1. The molecule has 0 N–H and O–H groups in total. The fraction of sp³-hybridized carbons (Fsp3) is 0.206. The lowest BCUT2D eigenvalue weighted by Crippen LogP contribution is -2.43. The summed E-state index contributed by atoms with van der Waals surface area (Å²) in [6.07, 6.45) is 1.61. The highest BCUT2D eigenvalue weighted by Crippen LogP contribution is 2.40. The molecule has 1 amide bonds. The van der Waals surface area contributed by atoms with Crippen molar-refractivity contribution in [3.63, 3.8) is 0 Å². The largest absolute Gasteiger partial charge is 0.496 e. The first-order valence-corrected chi connectivity index (χ1v) is 15.8. The third kappa shape index (κ3) is 5.31. The van der Waals surface area contributed by atoms with E-state index < -0.39 is 11.0 Å².